The zero-order valence-electron chi connectivity index (χ0n) is 5.50. The molecule has 0 aromatic rings. The van der Waals surface area contributed by atoms with E-state index in [1.807, 2.05) is 18.2 Å². The topological polar surface area (TPSA) is 29.1 Å². The van der Waals surface area contributed by atoms with Crippen molar-refractivity contribution < 1.29 is 4.21 Å². The second-order valence-corrected chi connectivity index (χ2v) is 5.29. The molecule has 56 valence electrons. The van der Waals surface area contributed by atoms with Crippen molar-refractivity contribution in [1.82, 2.24) is 5.32 Å². The summed E-state index contributed by atoms with van der Waals surface area (Å²) in [6.07, 6.45) is 8.93. The predicted octanol–water partition coefficient (Wildman–Crippen LogP) is 1.09. The predicted molar refractivity (Wildman–Crippen MR) is 47.1 cm³/mol. The van der Waals surface area contributed by atoms with Gasteiger partial charge in [0.2, 0.25) is 0 Å². The molecule has 2 unspecified atom stereocenters. The lowest BCUT2D eigenvalue weighted by atomic mass is 10.4. The Morgan fingerprint density at radius 1 is 1.60 bits per heavy atom. The van der Waals surface area contributed by atoms with Crippen LogP contribution in [-0.4, -0.2) is 14.2 Å². The maximum atomic E-state index is 11.0. The summed E-state index contributed by atoms with van der Waals surface area (Å²) in [5.41, 5.74) is 0. The molecule has 1 aliphatic rings. The van der Waals surface area contributed by atoms with Gasteiger partial charge in [-0.2, -0.15) is 0 Å². The maximum Gasteiger partial charge on any atom is 0.187 e. The van der Waals surface area contributed by atoms with Crippen LogP contribution in [0.2, 0.25) is 0 Å². The molecule has 1 N–H and O–H groups in total. The lowest BCUT2D eigenvalue weighted by molar-refractivity contribution is 0.671. The Balaban J connectivity index is 2.80. The van der Waals surface area contributed by atoms with Gasteiger partial charge in [0.05, 0.1) is 10.8 Å². The average molecular weight is 222 g/mol. The molecular weight excluding hydrogens is 214 g/mol. The molecule has 0 aliphatic carbocycles. The first-order chi connectivity index (χ1) is 4.65. The van der Waals surface area contributed by atoms with Crippen molar-refractivity contribution in [3.05, 3.63) is 24.4 Å². The summed E-state index contributed by atoms with van der Waals surface area (Å²) >= 11 is 3.31. The highest BCUT2D eigenvalue weighted by molar-refractivity contribution is 9.11. The first-order valence-corrected chi connectivity index (χ1v) is 5.15. The molecule has 0 fully saturated rings. The first-order valence-electron chi connectivity index (χ1n) is 2.80. The molecular formula is C6H8BrNOS. The van der Waals surface area contributed by atoms with Gasteiger partial charge in [-0.05, 0) is 34.3 Å². The van der Waals surface area contributed by atoms with E-state index < -0.39 is 14.6 Å². The number of alkyl halides is 1. The van der Waals surface area contributed by atoms with E-state index in [1.165, 1.54) is 0 Å². The summed E-state index contributed by atoms with van der Waals surface area (Å²) in [6.45, 7) is 0. The van der Waals surface area contributed by atoms with E-state index >= 15 is 0 Å². The van der Waals surface area contributed by atoms with E-state index in [0.29, 0.717) is 0 Å². The fraction of sp³-hybridized carbons (Fsp3) is 0.333. The van der Waals surface area contributed by atoms with E-state index in [1.54, 1.807) is 12.5 Å². The highest BCUT2D eigenvalue weighted by atomic mass is 79.9. The van der Waals surface area contributed by atoms with Crippen LogP contribution in [0.5, 0.6) is 0 Å². The number of dihydropyridines is 1. The third kappa shape index (κ3) is 1.49. The molecule has 1 rings (SSSR count). The number of nitrogens with one attached hydrogen (secondary N) is 1. The first kappa shape index (κ1) is 8.01. The van der Waals surface area contributed by atoms with Crippen molar-refractivity contribution in [2.75, 3.05) is 6.26 Å². The van der Waals surface area contributed by atoms with Gasteiger partial charge in [0.25, 0.3) is 0 Å². The van der Waals surface area contributed by atoms with Crippen LogP contribution in [0.25, 0.3) is 0 Å². The van der Waals surface area contributed by atoms with Crippen LogP contribution in [0, 0.1) is 0 Å². The van der Waals surface area contributed by atoms with E-state index in [4.69, 9.17) is 0 Å². The second-order valence-electron chi connectivity index (χ2n) is 1.96. The van der Waals surface area contributed by atoms with Gasteiger partial charge in [-0.3, -0.25) is 4.21 Å². The molecule has 0 radical (unpaired) electrons. The highest BCUT2D eigenvalue weighted by Gasteiger charge is 2.26. The van der Waals surface area contributed by atoms with Gasteiger partial charge in [0, 0.05) is 6.26 Å². The third-order valence-electron chi connectivity index (χ3n) is 1.22. The second kappa shape index (κ2) is 2.88. The number of rotatable bonds is 1. The molecule has 0 amide bonds. The Morgan fingerprint density at radius 2 is 2.30 bits per heavy atom. The Morgan fingerprint density at radius 3 is 2.60 bits per heavy atom. The smallest absolute Gasteiger partial charge is 0.187 e. The minimum Gasteiger partial charge on any atom is -0.363 e. The standard InChI is InChI=1S/C6H8BrNOS/c1-10(9)6(7)4-2-3-5-8-6/h2-5,8H,1H3. The summed E-state index contributed by atoms with van der Waals surface area (Å²) in [7, 11) is -0.950. The van der Waals surface area contributed by atoms with Gasteiger partial charge in [0.1, 0.15) is 0 Å². The fourth-order valence-corrected chi connectivity index (χ4v) is 1.41. The minimum absolute atomic E-state index is 0.554. The van der Waals surface area contributed by atoms with Gasteiger partial charge in [0.15, 0.2) is 3.78 Å². The quantitative estimate of drug-likeness (QED) is 0.531. The van der Waals surface area contributed by atoms with E-state index in [-0.39, 0.29) is 0 Å². The summed E-state index contributed by atoms with van der Waals surface area (Å²) in [5.74, 6) is 0. The van der Waals surface area contributed by atoms with Gasteiger partial charge in [-0.15, -0.1) is 0 Å². The van der Waals surface area contributed by atoms with Crippen LogP contribution in [0.1, 0.15) is 0 Å². The van der Waals surface area contributed by atoms with Gasteiger partial charge in [-0.25, -0.2) is 0 Å². The van der Waals surface area contributed by atoms with Crippen LogP contribution in [0.4, 0.5) is 0 Å². The van der Waals surface area contributed by atoms with Crippen molar-refractivity contribution in [1.29, 1.82) is 0 Å². The minimum atomic E-state index is -0.950. The van der Waals surface area contributed by atoms with Crippen LogP contribution >= 0.6 is 15.9 Å². The number of allylic oxidation sites excluding steroid dienone is 2. The van der Waals surface area contributed by atoms with Crippen molar-refractivity contribution in [2.45, 2.75) is 3.78 Å². The van der Waals surface area contributed by atoms with Crippen LogP contribution < -0.4 is 5.32 Å². The number of hydrogen-bond donors (Lipinski definition) is 1. The lowest BCUT2D eigenvalue weighted by Crippen LogP contribution is -2.38. The van der Waals surface area contributed by atoms with Gasteiger partial charge >= 0.3 is 0 Å². The Kier molecular flexibility index (Phi) is 2.31. The summed E-state index contributed by atoms with van der Waals surface area (Å²) in [4.78, 5) is 0. The van der Waals surface area contributed by atoms with E-state index in [0.717, 1.165) is 0 Å². The van der Waals surface area contributed by atoms with Crippen molar-refractivity contribution in [3.63, 3.8) is 0 Å². The van der Waals surface area contributed by atoms with Crippen molar-refractivity contribution in [3.8, 4) is 0 Å². The molecule has 0 bridgehead atoms. The number of halogens is 1. The van der Waals surface area contributed by atoms with E-state index in [9.17, 15) is 4.21 Å². The maximum absolute atomic E-state index is 11.0. The highest BCUT2D eigenvalue weighted by Crippen LogP contribution is 2.21. The molecule has 4 heteroatoms. The zero-order valence-corrected chi connectivity index (χ0v) is 7.91. The van der Waals surface area contributed by atoms with Crippen molar-refractivity contribution in [2.24, 2.45) is 0 Å². The summed E-state index contributed by atoms with van der Waals surface area (Å²) in [6, 6.07) is 0. The average Bonchev–Trinajstić information content (AvgIpc) is 1.89. The zero-order chi connectivity index (χ0) is 7.61. The van der Waals surface area contributed by atoms with Crippen LogP contribution in [-0.2, 0) is 10.8 Å². The molecule has 0 saturated carbocycles. The number of hydrogen-bond acceptors (Lipinski definition) is 2. The molecule has 1 aliphatic heterocycles. The molecule has 0 aromatic carbocycles. The van der Waals surface area contributed by atoms with Crippen molar-refractivity contribution >= 4 is 26.7 Å². The summed E-state index contributed by atoms with van der Waals surface area (Å²) in [5, 5.41) is 2.94. The van der Waals surface area contributed by atoms with Gasteiger partial charge < -0.3 is 5.32 Å². The monoisotopic (exact) mass is 221 g/mol. The molecule has 2 nitrogen and oxygen atoms in total. The third-order valence-corrected chi connectivity index (χ3v) is 4.17. The summed E-state index contributed by atoms with van der Waals surface area (Å²) < 4.78 is 10.5. The molecule has 0 spiro atoms. The molecule has 10 heavy (non-hydrogen) atoms. The fourth-order valence-electron chi connectivity index (χ4n) is 0.624. The lowest BCUT2D eigenvalue weighted by Gasteiger charge is -2.23. The van der Waals surface area contributed by atoms with Gasteiger partial charge in [-0.1, -0.05) is 6.08 Å². The molecule has 2 atom stereocenters. The van der Waals surface area contributed by atoms with Crippen LogP contribution in [0.3, 0.4) is 0 Å². The molecule has 1 heterocycles. The Labute approximate surface area is 71.0 Å². The SMILES string of the molecule is CS(=O)C1(Br)C=CC=CN1. The largest absolute Gasteiger partial charge is 0.363 e. The Hall–Kier alpha value is -0.0900. The van der Waals surface area contributed by atoms with Crippen LogP contribution in [0.15, 0.2) is 24.4 Å². The normalized spacial score (nSPS) is 33.4. The Bertz CT molecular complexity index is 214. The molecule has 0 aromatic heterocycles. The molecule has 0 saturated heterocycles. The van der Waals surface area contributed by atoms with E-state index in [2.05, 4.69) is 21.2 Å².